The van der Waals surface area contributed by atoms with Crippen molar-refractivity contribution < 1.29 is 4.79 Å². The average molecular weight is 290 g/mol. The second-order valence-electron chi connectivity index (χ2n) is 5.57. The number of nitrogens with zero attached hydrogens (tertiary/aromatic N) is 2. The summed E-state index contributed by atoms with van der Waals surface area (Å²) in [6.45, 7) is 8.96. The summed E-state index contributed by atoms with van der Waals surface area (Å²) in [7, 11) is 0. The van der Waals surface area contributed by atoms with Crippen LogP contribution in [0.3, 0.4) is 0 Å². The minimum atomic E-state index is -0.0129. The lowest BCUT2D eigenvalue weighted by atomic mass is 10.2. The molecule has 2 rings (SSSR count). The maximum absolute atomic E-state index is 12.2. The Labute approximate surface area is 127 Å². The minimum Gasteiger partial charge on any atom is -0.370 e. The number of aryl methyl sites for hydroxylation is 1. The van der Waals surface area contributed by atoms with Crippen molar-refractivity contribution in [2.75, 3.05) is 38.0 Å². The van der Waals surface area contributed by atoms with Gasteiger partial charge in [0.1, 0.15) is 5.82 Å². The fraction of sp³-hybridized carbons (Fsp3) is 0.625. The Bertz CT molecular complexity index is 469. The van der Waals surface area contributed by atoms with E-state index >= 15 is 0 Å². The van der Waals surface area contributed by atoms with Crippen molar-refractivity contribution in [1.82, 2.24) is 15.2 Å². The maximum Gasteiger partial charge on any atom is 0.251 e. The van der Waals surface area contributed by atoms with Crippen LogP contribution in [0.4, 0.5) is 5.82 Å². The molecule has 1 aliphatic heterocycles. The van der Waals surface area contributed by atoms with Gasteiger partial charge in [0.15, 0.2) is 0 Å². The fourth-order valence-corrected chi connectivity index (χ4v) is 2.68. The Balaban J connectivity index is 1.79. The van der Waals surface area contributed by atoms with Crippen LogP contribution < -0.4 is 10.6 Å². The Kier molecular flexibility index (Phi) is 5.99. The van der Waals surface area contributed by atoms with Crippen LogP contribution in [-0.4, -0.2) is 48.5 Å². The number of carbonyl (C=O) groups excluding carboxylic acids is 1. The summed E-state index contributed by atoms with van der Waals surface area (Å²) in [5.74, 6) is 0.751. The highest BCUT2D eigenvalue weighted by Crippen LogP contribution is 2.10. The van der Waals surface area contributed by atoms with Gasteiger partial charge in [-0.3, -0.25) is 4.79 Å². The molecule has 1 aliphatic rings. The molecular formula is C16H26N4O. The predicted octanol–water partition coefficient (Wildman–Crippen LogP) is 2.04. The molecule has 21 heavy (non-hydrogen) atoms. The highest BCUT2D eigenvalue weighted by Gasteiger charge is 2.11. The van der Waals surface area contributed by atoms with Crippen LogP contribution in [0.2, 0.25) is 0 Å². The summed E-state index contributed by atoms with van der Waals surface area (Å²) >= 11 is 0. The first kappa shape index (κ1) is 15.8. The number of rotatable bonds is 7. The summed E-state index contributed by atoms with van der Waals surface area (Å²) in [6.07, 6.45) is 3.64. The second kappa shape index (κ2) is 7.98. The molecule has 1 aromatic rings. The number of hydrogen-bond acceptors (Lipinski definition) is 4. The van der Waals surface area contributed by atoms with E-state index < -0.39 is 0 Å². The number of anilines is 1. The van der Waals surface area contributed by atoms with Gasteiger partial charge in [0.25, 0.3) is 5.91 Å². The SMILES string of the molecule is CCNc1cc(C(=O)NCCCN2CCCC2)cc(C)n1. The molecule has 2 heterocycles. The molecule has 5 nitrogen and oxygen atoms in total. The molecule has 1 saturated heterocycles. The van der Waals surface area contributed by atoms with Gasteiger partial charge in [-0.2, -0.15) is 0 Å². The molecule has 1 amide bonds. The summed E-state index contributed by atoms with van der Waals surface area (Å²) < 4.78 is 0. The third-order valence-corrected chi connectivity index (χ3v) is 3.71. The highest BCUT2D eigenvalue weighted by atomic mass is 16.1. The van der Waals surface area contributed by atoms with Gasteiger partial charge in [-0.25, -0.2) is 4.98 Å². The summed E-state index contributed by atoms with van der Waals surface area (Å²) in [4.78, 5) is 19.0. The van der Waals surface area contributed by atoms with Gasteiger partial charge in [0.05, 0.1) is 0 Å². The Morgan fingerprint density at radius 3 is 2.81 bits per heavy atom. The lowest BCUT2D eigenvalue weighted by Gasteiger charge is -2.14. The van der Waals surface area contributed by atoms with Crippen molar-refractivity contribution >= 4 is 11.7 Å². The predicted molar refractivity (Wildman–Crippen MR) is 85.8 cm³/mol. The van der Waals surface area contributed by atoms with Crippen LogP contribution in [0.5, 0.6) is 0 Å². The number of hydrogen-bond donors (Lipinski definition) is 2. The first-order chi connectivity index (χ1) is 10.2. The molecule has 1 fully saturated rings. The Hall–Kier alpha value is -1.62. The molecular weight excluding hydrogens is 264 g/mol. The van der Waals surface area contributed by atoms with Gasteiger partial charge in [0.2, 0.25) is 0 Å². The molecule has 1 aromatic heterocycles. The third-order valence-electron chi connectivity index (χ3n) is 3.71. The molecule has 2 N–H and O–H groups in total. The number of carbonyl (C=O) groups is 1. The third kappa shape index (κ3) is 5.01. The van der Waals surface area contributed by atoms with Gasteiger partial charge >= 0.3 is 0 Å². The fourth-order valence-electron chi connectivity index (χ4n) is 2.68. The second-order valence-corrected chi connectivity index (χ2v) is 5.57. The van der Waals surface area contributed by atoms with E-state index in [-0.39, 0.29) is 5.91 Å². The van der Waals surface area contributed by atoms with Crippen molar-refractivity contribution in [3.63, 3.8) is 0 Å². The topological polar surface area (TPSA) is 57.3 Å². The molecule has 0 radical (unpaired) electrons. The summed E-state index contributed by atoms with van der Waals surface area (Å²) in [6, 6.07) is 3.64. The monoisotopic (exact) mass is 290 g/mol. The summed E-state index contributed by atoms with van der Waals surface area (Å²) in [5.41, 5.74) is 1.54. The lowest BCUT2D eigenvalue weighted by Crippen LogP contribution is -2.28. The van der Waals surface area contributed by atoms with E-state index in [0.717, 1.165) is 37.6 Å². The quantitative estimate of drug-likeness (QED) is 0.755. The van der Waals surface area contributed by atoms with Crippen LogP contribution in [0, 0.1) is 6.92 Å². The Morgan fingerprint density at radius 1 is 1.33 bits per heavy atom. The molecule has 0 saturated carbocycles. The highest BCUT2D eigenvalue weighted by molar-refractivity contribution is 5.94. The summed E-state index contributed by atoms with van der Waals surface area (Å²) in [5, 5.41) is 6.15. The van der Waals surface area contributed by atoms with Crippen molar-refractivity contribution in [1.29, 1.82) is 0 Å². The zero-order chi connectivity index (χ0) is 15.1. The number of amides is 1. The van der Waals surface area contributed by atoms with Crippen molar-refractivity contribution in [2.24, 2.45) is 0 Å². The van der Waals surface area contributed by atoms with Gasteiger partial charge in [-0.15, -0.1) is 0 Å². The number of pyridine rings is 1. The zero-order valence-electron chi connectivity index (χ0n) is 13.1. The van der Waals surface area contributed by atoms with Crippen molar-refractivity contribution in [2.45, 2.75) is 33.1 Å². The number of aromatic nitrogens is 1. The molecule has 0 aliphatic carbocycles. The largest absolute Gasteiger partial charge is 0.370 e. The molecule has 0 spiro atoms. The lowest BCUT2D eigenvalue weighted by molar-refractivity contribution is 0.0952. The van der Waals surface area contributed by atoms with Crippen LogP contribution in [0.15, 0.2) is 12.1 Å². The van der Waals surface area contributed by atoms with E-state index in [1.165, 1.54) is 25.9 Å². The van der Waals surface area contributed by atoms with Gasteiger partial charge < -0.3 is 15.5 Å². The van der Waals surface area contributed by atoms with E-state index in [1.54, 1.807) is 0 Å². The molecule has 116 valence electrons. The first-order valence-corrected chi connectivity index (χ1v) is 7.92. The first-order valence-electron chi connectivity index (χ1n) is 7.92. The van der Waals surface area contributed by atoms with Crippen LogP contribution in [0.25, 0.3) is 0 Å². The van der Waals surface area contributed by atoms with E-state index in [1.807, 2.05) is 26.0 Å². The van der Waals surface area contributed by atoms with Crippen molar-refractivity contribution in [3.8, 4) is 0 Å². The van der Waals surface area contributed by atoms with Gasteiger partial charge in [-0.1, -0.05) is 0 Å². The van der Waals surface area contributed by atoms with Crippen LogP contribution in [0.1, 0.15) is 42.2 Å². The van der Waals surface area contributed by atoms with Gasteiger partial charge in [0, 0.05) is 24.3 Å². The Morgan fingerprint density at radius 2 is 2.10 bits per heavy atom. The molecule has 0 bridgehead atoms. The number of nitrogens with one attached hydrogen (secondary N) is 2. The van der Waals surface area contributed by atoms with E-state index in [4.69, 9.17) is 0 Å². The standard InChI is InChI=1S/C16H26N4O/c1-3-17-15-12-14(11-13(2)19-15)16(21)18-7-6-10-20-8-4-5-9-20/h11-12H,3-10H2,1-2H3,(H,17,19)(H,18,21). The zero-order valence-corrected chi connectivity index (χ0v) is 13.1. The van der Waals surface area contributed by atoms with E-state index in [2.05, 4.69) is 20.5 Å². The minimum absolute atomic E-state index is 0.0129. The maximum atomic E-state index is 12.2. The molecule has 5 heteroatoms. The smallest absolute Gasteiger partial charge is 0.251 e. The number of likely N-dealkylation sites (tertiary alicyclic amines) is 1. The van der Waals surface area contributed by atoms with Crippen molar-refractivity contribution in [3.05, 3.63) is 23.4 Å². The molecule has 0 atom stereocenters. The van der Waals surface area contributed by atoms with Crippen LogP contribution >= 0.6 is 0 Å². The van der Waals surface area contributed by atoms with E-state index in [9.17, 15) is 4.79 Å². The molecule has 0 unspecified atom stereocenters. The molecule has 0 aromatic carbocycles. The van der Waals surface area contributed by atoms with E-state index in [0.29, 0.717) is 5.56 Å². The average Bonchev–Trinajstić information content (AvgIpc) is 2.96. The van der Waals surface area contributed by atoms with Gasteiger partial charge in [-0.05, 0) is 64.9 Å². The normalized spacial score (nSPS) is 15.1. The van der Waals surface area contributed by atoms with Crippen LogP contribution in [-0.2, 0) is 0 Å².